The number of anilines is 5. The van der Waals surface area contributed by atoms with E-state index in [0.717, 1.165) is 73.2 Å². The molecule has 0 aliphatic rings. The van der Waals surface area contributed by atoms with E-state index in [-0.39, 0.29) is 59.2 Å². The predicted octanol–water partition coefficient (Wildman–Crippen LogP) is 15.8. The van der Waals surface area contributed by atoms with Gasteiger partial charge in [-0.15, -0.1) is 68.0 Å². The zero-order valence-electron chi connectivity index (χ0n) is 59.9. The minimum absolute atomic E-state index is 0.0803. The lowest BCUT2D eigenvalue weighted by atomic mass is 10.2. The van der Waals surface area contributed by atoms with Crippen LogP contribution in [0.3, 0.4) is 0 Å². The van der Waals surface area contributed by atoms with Crippen molar-refractivity contribution >= 4 is 141 Å². The Hall–Kier alpha value is -10.8. The fourth-order valence-electron chi connectivity index (χ4n) is 9.46. The van der Waals surface area contributed by atoms with E-state index >= 15 is 0 Å². The third-order valence-corrected chi connectivity index (χ3v) is 22.7. The Morgan fingerprint density at radius 1 is 0.374 bits per heavy atom. The molecule has 22 nitrogen and oxygen atoms in total. The van der Waals surface area contributed by atoms with Gasteiger partial charge in [0.05, 0.1) is 85.0 Å². The highest BCUT2D eigenvalue weighted by atomic mass is 32.2. The van der Waals surface area contributed by atoms with Gasteiger partial charge in [-0.3, -0.25) is 58.6 Å². The summed E-state index contributed by atoms with van der Waals surface area (Å²) in [5.41, 5.74) is 4.84. The van der Waals surface area contributed by atoms with Gasteiger partial charge in [0.15, 0.2) is 44.5 Å². The zero-order valence-corrected chi connectivity index (χ0v) is 65.6. The van der Waals surface area contributed by atoms with Crippen molar-refractivity contribution < 1.29 is 37.2 Å². The summed E-state index contributed by atoms with van der Waals surface area (Å²) >= 11 is 8.96. The van der Waals surface area contributed by atoms with Crippen molar-refractivity contribution in [2.75, 3.05) is 73.0 Å². The van der Waals surface area contributed by atoms with Gasteiger partial charge in [0.2, 0.25) is 0 Å². The van der Waals surface area contributed by atoms with E-state index in [1.54, 1.807) is 115 Å². The Kier molecular flexibility index (Phi) is 32.5. The number of hydrogen-bond donors (Lipinski definition) is 2. The molecule has 550 valence electrons. The van der Waals surface area contributed by atoms with Gasteiger partial charge in [-0.05, 0) is 200 Å². The second-order valence-corrected chi connectivity index (χ2v) is 33.2. The number of sulfone groups is 1. The number of aryl methyl sites for hydroxylation is 6. The monoisotopic (exact) mass is 1560 g/mol. The fourth-order valence-corrected chi connectivity index (χ4v) is 15.6. The van der Waals surface area contributed by atoms with Gasteiger partial charge in [0, 0.05) is 128 Å². The molecule has 107 heavy (non-hydrogen) atoms. The minimum atomic E-state index is -3.58. The highest BCUT2D eigenvalue weighted by molar-refractivity contribution is 7.92. The molecule has 0 aliphatic carbocycles. The third kappa shape index (κ3) is 27.9. The van der Waals surface area contributed by atoms with Crippen LogP contribution in [0.4, 0.5) is 28.6 Å². The Labute approximate surface area is 646 Å². The quantitative estimate of drug-likeness (QED) is 0.0476. The van der Waals surface area contributed by atoms with Gasteiger partial charge in [0.25, 0.3) is 0 Å². The fraction of sp³-hybridized carbons (Fsp3) is 0.192. The normalized spacial score (nSPS) is 10.5. The Morgan fingerprint density at radius 3 is 1.15 bits per heavy atom. The van der Waals surface area contributed by atoms with E-state index in [1.165, 1.54) is 91.5 Å². The summed E-state index contributed by atoms with van der Waals surface area (Å²) in [5.74, 6) is 0.406. The Balaban J connectivity index is 0.000000163. The summed E-state index contributed by atoms with van der Waals surface area (Å²) in [6, 6.07) is 44.3. The van der Waals surface area contributed by atoms with Crippen LogP contribution in [0.5, 0.6) is 0 Å². The molecule has 0 atom stereocenters. The molecule has 0 aromatic carbocycles. The maximum absolute atomic E-state index is 12.6. The largest absolute Gasteiger partial charge is 0.376 e. The summed E-state index contributed by atoms with van der Waals surface area (Å²) in [4.78, 5) is 117. The van der Waals surface area contributed by atoms with E-state index in [9.17, 15) is 37.2 Å². The van der Waals surface area contributed by atoms with Crippen LogP contribution in [0, 0.1) is 41.5 Å². The van der Waals surface area contributed by atoms with Crippen LogP contribution in [0.1, 0.15) is 92.9 Å². The maximum Gasteiger partial charge on any atom is 0.192 e. The van der Waals surface area contributed by atoms with Gasteiger partial charge in [0.1, 0.15) is 17.9 Å². The minimum Gasteiger partial charge on any atom is -0.376 e. The molecule has 13 aromatic heterocycles. The number of carbonyl (C=O) groups excluding carboxylic acids is 6. The number of ketones is 6. The van der Waals surface area contributed by atoms with Crippen LogP contribution in [-0.2, 0) is 16.4 Å². The van der Waals surface area contributed by atoms with Gasteiger partial charge >= 0.3 is 0 Å². The van der Waals surface area contributed by atoms with E-state index in [2.05, 4.69) is 55.7 Å². The molecule has 0 spiro atoms. The van der Waals surface area contributed by atoms with Gasteiger partial charge in [-0.25, -0.2) is 18.4 Å². The van der Waals surface area contributed by atoms with Crippen molar-refractivity contribution in [3.8, 4) is 0 Å². The average molecular weight is 1560 g/mol. The first-order valence-corrected chi connectivity index (χ1v) is 39.6. The number of pyridine rings is 5. The molecular weight excluding hydrogens is 1490 g/mol. The summed E-state index contributed by atoms with van der Waals surface area (Å²) in [6.45, 7) is 14.3. The Bertz CT molecular complexity index is 4900. The number of likely N-dealkylation sites (N-methyl/N-ethyl adjacent to an activating group) is 2. The number of rotatable bonds is 26. The van der Waals surface area contributed by atoms with Crippen LogP contribution in [0.15, 0.2) is 237 Å². The first-order chi connectivity index (χ1) is 51.5. The number of carbonyl (C=O) groups is 6. The predicted molar refractivity (Wildman–Crippen MR) is 431 cm³/mol. The lowest BCUT2D eigenvalue weighted by molar-refractivity contribution is 0.0943. The summed E-state index contributed by atoms with van der Waals surface area (Å²) in [5, 5.41) is 13.3. The summed E-state index contributed by atoms with van der Waals surface area (Å²) in [7, 11) is 0.286. The second kappa shape index (κ2) is 42.4. The van der Waals surface area contributed by atoms with E-state index in [1.807, 2.05) is 180 Å². The van der Waals surface area contributed by atoms with Crippen LogP contribution in [-0.4, -0.2) is 146 Å². The lowest BCUT2D eigenvalue weighted by Crippen LogP contribution is -2.25. The molecule has 0 bridgehead atoms. The van der Waals surface area contributed by atoms with Crippen LogP contribution < -0.4 is 20.4 Å². The van der Waals surface area contributed by atoms with Crippen LogP contribution in [0.2, 0.25) is 0 Å². The number of nitrogens with one attached hydrogen (secondary N) is 2. The van der Waals surface area contributed by atoms with E-state index in [0.29, 0.717) is 23.8 Å². The molecule has 0 radical (unpaired) electrons. The number of nitrogens with zero attached hydrogens (tertiary/aromatic N) is 12. The van der Waals surface area contributed by atoms with Crippen molar-refractivity contribution in [3.05, 3.63) is 297 Å². The number of hydrogen-bond acceptors (Lipinski definition) is 28. The van der Waals surface area contributed by atoms with Crippen molar-refractivity contribution in [2.24, 2.45) is 0 Å². The SMILES string of the molecule is Cc1ccc(C(=O)CN(C)Cc2ccncc2)s1.Cc1ccc(C(=O)CN(C)c2ccncc2)s1.Cc1ccc(C(=O)CN(c2ccncc2)c2ccncc2)s1.Cc1ccc(C(=O)CNc2ccncn2)s1.Cc1ccc(C(=O)CNc2ccnnc2)s1.Cc1ccc(C(=O)CS(=O)(=O)c2ccncc2)s1. The molecule has 0 fully saturated rings. The van der Waals surface area contributed by atoms with E-state index < -0.39 is 15.6 Å². The first-order valence-electron chi connectivity index (χ1n) is 33.0. The zero-order chi connectivity index (χ0) is 76.5. The second-order valence-electron chi connectivity index (χ2n) is 23.5. The smallest absolute Gasteiger partial charge is 0.192 e. The molecule has 13 rings (SSSR count). The van der Waals surface area contributed by atoms with Gasteiger partial charge in [-0.2, -0.15) is 10.2 Å². The summed E-state index contributed by atoms with van der Waals surface area (Å²) < 4.78 is 24.0. The molecule has 0 aliphatic heterocycles. The molecule has 29 heteroatoms. The standard InChI is InChI=1S/C17H15N3OS.C14H16N2OS.C13H14N2OS.C12H11NO3S2.2C11H11N3OS/c1-13-2-3-17(22-13)16(21)12-20(14-4-8-18-9-5-14)15-6-10-19-11-7-15;1-11-3-4-14(18-11)13(17)10-16(2)9-12-5-7-15-8-6-12;1-10-3-4-13(17-10)12(16)9-15(2)11-5-7-14-8-6-11;1-9-2-3-12(17-9)11(14)8-18(15,16)10-4-6-13-7-5-10;1-8-2-3-10(16-8)9(15)6-13-11-4-5-12-7-14-11;1-8-2-3-11(16-8)10(15)7-12-9-4-5-13-14-6-9/h2-11H,12H2,1H3;3-8H,9-10H2,1-2H3;3-8H,9H2,1-2H3;2-7H,8H2,1H3;2-5,7H,6H2,1H3,(H,12,13,14);2-6H,7H2,1H3,(H,12,13). The summed E-state index contributed by atoms with van der Waals surface area (Å²) in [6.07, 6.45) is 22.9. The average Bonchev–Trinajstić information content (AvgIpc) is 1.69. The molecule has 0 unspecified atom stereocenters. The molecule has 0 saturated heterocycles. The molecule has 2 N–H and O–H groups in total. The van der Waals surface area contributed by atoms with Gasteiger partial charge in [-0.1, -0.05) is 0 Å². The van der Waals surface area contributed by atoms with Crippen molar-refractivity contribution in [1.82, 2.24) is 50.0 Å². The highest BCUT2D eigenvalue weighted by Crippen LogP contribution is 2.27. The van der Waals surface area contributed by atoms with Crippen LogP contribution >= 0.6 is 68.0 Å². The van der Waals surface area contributed by atoms with E-state index in [4.69, 9.17) is 0 Å². The number of thiophene rings is 6. The third-order valence-electron chi connectivity index (χ3n) is 14.8. The lowest BCUT2D eigenvalue weighted by Gasteiger charge is -2.23. The molecule has 13 heterocycles. The Morgan fingerprint density at radius 2 is 0.748 bits per heavy atom. The van der Waals surface area contributed by atoms with Crippen LogP contribution in [0.25, 0.3) is 0 Å². The number of aromatic nitrogens is 9. The highest BCUT2D eigenvalue weighted by Gasteiger charge is 2.22. The maximum atomic E-state index is 12.6. The molecule has 0 saturated carbocycles. The topological polar surface area (TPSA) is 286 Å². The van der Waals surface area contributed by atoms with Gasteiger partial charge < -0.3 is 20.4 Å². The molecule has 0 amide bonds. The van der Waals surface area contributed by atoms with Crippen molar-refractivity contribution in [1.29, 1.82) is 0 Å². The number of Topliss-reactive ketones (excluding diaryl/α,β-unsaturated/α-hetero) is 6. The molecular formula is C78H78N14O8S7. The molecule has 13 aromatic rings. The first kappa shape index (κ1) is 81.9. The van der Waals surface area contributed by atoms with Crippen molar-refractivity contribution in [2.45, 2.75) is 53.0 Å². The van der Waals surface area contributed by atoms with Crippen molar-refractivity contribution in [3.63, 3.8) is 0 Å².